The molecule has 0 bridgehead atoms. The number of nitrogens with zero attached hydrogens (tertiary/aromatic N) is 6. The largest absolute Gasteiger partial charge is 0.497 e. The van der Waals surface area contributed by atoms with Crippen molar-refractivity contribution in [1.82, 2.24) is 24.5 Å². The lowest BCUT2D eigenvalue weighted by atomic mass is 10.1. The third kappa shape index (κ3) is 3.76. The van der Waals surface area contributed by atoms with Crippen LogP contribution in [0, 0.1) is 6.92 Å². The van der Waals surface area contributed by atoms with Crippen LogP contribution in [0.1, 0.15) is 17.7 Å². The summed E-state index contributed by atoms with van der Waals surface area (Å²) < 4.78 is 7.03. The van der Waals surface area contributed by atoms with E-state index < -0.39 is 0 Å². The monoisotopic (exact) mass is 380 g/mol. The van der Waals surface area contributed by atoms with Gasteiger partial charge in [-0.15, -0.1) is 10.2 Å². The van der Waals surface area contributed by atoms with Gasteiger partial charge in [-0.1, -0.05) is 12.1 Å². The van der Waals surface area contributed by atoms with Gasteiger partial charge >= 0.3 is 0 Å². The van der Waals surface area contributed by atoms with Crippen LogP contribution < -0.4 is 9.64 Å². The highest BCUT2D eigenvalue weighted by atomic mass is 16.5. The van der Waals surface area contributed by atoms with E-state index in [-0.39, 0.29) is 5.91 Å². The summed E-state index contributed by atoms with van der Waals surface area (Å²) in [6, 6.07) is 9.93. The zero-order valence-electron chi connectivity index (χ0n) is 16.2. The van der Waals surface area contributed by atoms with E-state index in [1.54, 1.807) is 13.4 Å². The lowest BCUT2D eigenvalue weighted by Gasteiger charge is -2.35. The van der Waals surface area contributed by atoms with Crippen molar-refractivity contribution < 1.29 is 9.53 Å². The Morgan fingerprint density at radius 3 is 2.61 bits per heavy atom. The zero-order valence-corrected chi connectivity index (χ0v) is 16.2. The minimum Gasteiger partial charge on any atom is -0.497 e. The highest BCUT2D eigenvalue weighted by Crippen LogP contribution is 2.18. The highest BCUT2D eigenvalue weighted by molar-refractivity contribution is 5.76. The summed E-state index contributed by atoms with van der Waals surface area (Å²) in [4.78, 5) is 21.3. The van der Waals surface area contributed by atoms with Crippen molar-refractivity contribution in [3.05, 3.63) is 47.9 Å². The van der Waals surface area contributed by atoms with Gasteiger partial charge in [0, 0.05) is 44.4 Å². The molecule has 146 valence electrons. The Balaban J connectivity index is 1.32. The number of amides is 1. The fourth-order valence-corrected chi connectivity index (χ4v) is 3.49. The molecule has 0 N–H and O–H groups in total. The highest BCUT2D eigenvalue weighted by Gasteiger charge is 2.22. The number of aromatic nitrogens is 4. The lowest BCUT2D eigenvalue weighted by Crippen LogP contribution is -2.49. The average molecular weight is 380 g/mol. The predicted octanol–water partition coefficient (Wildman–Crippen LogP) is 1.72. The smallest absolute Gasteiger partial charge is 0.256 e. The number of methoxy groups -OCH3 is 1. The Morgan fingerprint density at radius 1 is 1.14 bits per heavy atom. The molecule has 3 aromatic rings. The third-order valence-corrected chi connectivity index (χ3v) is 5.21. The number of carbonyl (C=O) groups excluding carboxylic acids is 1. The Morgan fingerprint density at radius 2 is 1.89 bits per heavy atom. The van der Waals surface area contributed by atoms with Crippen LogP contribution in [-0.2, 0) is 11.2 Å². The number of hydrogen-bond donors (Lipinski definition) is 0. The SMILES string of the molecule is COc1ccc(CCC(=O)N2CCN(c3cc(C)n4cnnc4n3)CC2)cc1. The molecule has 1 fully saturated rings. The molecule has 1 amide bonds. The van der Waals surface area contributed by atoms with E-state index in [0.29, 0.717) is 25.3 Å². The van der Waals surface area contributed by atoms with Gasteiger partial charge in [-0.3, -0.25) is 9.20 Å². The number of ether oxygens (including phenoxy) is 1. The summed E-state index contributed by atoms with van der Waals surface area (Å²) in [6.07, 6.45) is 2.93. The maximum Gasteiger partial charge on any atom is 0.256 e. The van der Waals surface area contributed by atoms with Gasteiger partial charge in [0.05, 0.1) is 7.11 Å². The minimum atomic E-state index is 0.201. The standard InChI is InChI=1S/C20H24N6O2/c1-15-13-18(22-20-23-21-14-26(15)20)24-9-11-25(12-10-24)19(27)8-5-16-3-6-17(28-2)7-4-16/h3-4,6-7,13-14H,5,8-12H2,1-2H3. The Hall–Kier alpha value is -3.16. The van der Waals surface area contributed by atoms with Gasteiger partial charge < -0.3 is 14.5 Å². The molecule has 0 unspecified atom stereocenters. The summed E-state index contributed by atoms with van der Waals surface area (Å²) in [5.41, 5.74) is 2.19. The minimum absolute atomic E-state index is 0.201. The fraction of sp³-hybridized carbons (Fsp3) is 0.400. The molecule has 2 aromatic heterocycles. The first kappa shape index (κ1) is 18.2. The van der Waals surface area contributed by atoms with Crippen LogP contribution >= 0.6 is 0 Å². The van der Waals surface area contributed by atoms with Gasteiger partial charge in [0.1, 0.15) is 17.9 Å². The second-order valence-electron chi connectivity index (χ2n) is 6.97. The Kier molecular flexibility index (Phi) is 5.10. The molecule has 1 aliphatic rings. The molecule has 8 nitrogen and oxygen atoms in total. The zero-order chi connectivity index (χ0) is 19.5. The molecule has 0 atom stereocenters. The van der Waals surface area contributed by atoms with E-state index in [4.69, 9.17) is 4.74 Å². The van der Waals surface area contributed by atoms with E-state index >= 15 is 0 Å². The number of benzene rings is 1. The predicted molar refractivity (Wildman–Crippen MR) is 106 cm³/mol. The molecule has 28 heavy (non-hydrogen) atoms. The van der Waals surface area contributed by atoms with Crippen molar-refractivity contribution in [2.24, 2.45) is 0 Å². The molecular weight excluding hydrogens is 356 g/mol. The lowest BCUT2D eigenvalue weighted by molar-refractivity contribution is -0.131. The molecule has 3 heterocycles. The summed E-state index contributed by atoms with van der Waals surface area (Å²) in [6.45, 7) is 4.97. The summed E-state index contributed by atoms with van der Waals surface area (Å²) in [5, 5.41) is 7.96. The van der Waals surface area contributed by atoms with Gasteiger partial charge in [0.2, 0.25) is 5.91 Å². The van der Waals surface area contributed by atoms with E-state index in [1.165, 1.54) is 0 Å². The van der Waals surface area contributed by atoms with Crippen LogP contribution in [0.25, 0.3) is 5.78 Å². The first-order chi connectivity index (χ1) is 13.6. The number of hydrogen-bond acceptors (Lipinski definition) is 6. The Bertz CT molecular complexity index is 960. The van der Waals surface area contributed by atoms with Gasteiger partial charge in [0.15, 0.2) is 0 Å². The van der Waals surface area contributed by atoms with Crippen LogP contribution in [-0.4, -0.2) is 63.7 Å². The number of aryl methyl sites for hydroxylation is 2. The van der Waals surface area contributed by atoms with Gasteiger partial charge in [-0.25, -0.2) is 0 Å². The van der Waals surface area contributed by atoms with Crippen LogP contribution in [0.15, 0.2) is 36.7 Å². The maximum absolute atomic E-state index is 12.6. The molecule has 8 heteroatoms. The average Bonchev–Trinajstić information content (AvgIpc) is 3.22. The van der Waals surface area contributed by atoms with Crippen molar-refractivity contribution in [3.63, 3.8) is 0 Å². The van der Waals surface area contributed by atoms with Gasteiger partial charge in [0.25, 0.3) is 5.78 Å². The Labute approximate surface area is 163 Å². The molecule has 0 spiro atoms. The number of carbonyl (C=O) groups is 1. The molecule has 1 saturated heterocycles. The van der Waals surface area contributed by atoms with E-state index in [1.807, 2.05) is 46.6 Å². The van der Waals surface area contributed by atoms with Crippen molar-refractivity contribution in [2.45, 2.75) is 19.8 Å². The topological polar surface area (TPSA) is 75.9 Å². The van der Waals surface area contributed by atoms with Crippen LogP contribution in [0.3, 0.4) is 0 Å². The van der Waals surface area contributed by atoms with E-state index in [2.05, 4.69) is 20.1 Å². The number of rotatable bonds is 5. The van der Waals surface area contributed by atoms with Crippen molar-refractivity contribution >= 4 is 17.5 Å². The van der Waals surface area contributed by atoms with Crippen LogP contribution in [0.5, 0.6) is 5.75 Å². The van der Waals surface area contributed by atoms with E-state index in [0.717, 1.165) is 42.3 Å². The maximum atomic E-state index is 12.6. The molecule has 1 aromatic carbocycles. The van der Waals surface area contributed by atoms with Crippen LogP contribution in [0.2, 0.25) is 0 Å². The first-order valence-corrected chi connectivity index (χ1v) is 9.47. The fourth-order valence-electron chi connectivity index (χ4n) is 3.49. The molecule has 0 aliphatic carbocycles. The van der Waals surface area contributed by atoms with E-state index in [9.17, 15) is 4.79 Å². The summed E-state index contributed by atoms with van der Waals surface area (Å²) >= 11 is 0. The second-order valence-corrected chi connectivity index (χ2v) is 6.97. The van der Waals surface area contributed by atoms with Gasteiger partial charge in [-0.2, -0.15) is 4.98 Å². The van der Waals surface area contributed by atoms with Crippen LogP contribution in [0.4, 0.5) is 5.82 Å². The van der Waals surface area contributed by atoms with Gasteiger partial charge in [-0.05, 0) is 31.0 Å². The van der Waals surface area contributed by atoms with Crippen molar-refractivity contribution in [2.75, 3.05) is 38.2 Å². The van der Waals surface area contributed by atoms with Crippen molar-refractivity contribution in [3.8, 4) is 5.75 Å². The summed E-state index contributed by atoms with van der Waals surface area (Å²) in [5.74, 6) is 2.53. The quantitative estimate of drug-likeness (QED) is 0.671. The summed E-state index contributed by atoms with van der Waals surface area (Å²) in [7, 11) is 1.65. The second kappa shape index (κ2) is 7.84. The normalized spacial score (nSPS) is 14.5. The molecular formula is C20H24N6O2. The molecule has 1 aliphatic heterocycles. The number of piperazine rings is 1. The van der Waals surface area contributed by atoms with Crippen molar-refractivity contribution in [1.29, 1.82) is 0 Å². The first-order valence-electron chi connectivity index (χ1n) is 9.47. The number of fused-ring (bicyclic) bond motifs is 1. The molecule has 4 rings (SSSR count). The molecule has 0 radical (unpaired) electrons. The molecule has 0 saturated carbocycles. The third-order valence-electron chi connectivity index (χ3n) is 5.21. The number of anilines is 1.